The van der Waals surface area contributed by atoms with E-state index < -0.39 is 40.2 Å². The van der Waals surface area contributed by atoms with Crippen LogP contribution in [0.3, 0.4) is 0 Å². The summed E-state index contributed by atoms with van der Waals surface area (Å²) in [4.78, 5) is 27.9. The highest BCUT2D eigenvalue weighted by Crippen LogP contribution is 2.32. The molecule has 1 unspecified atom stereocenters. The van der Waals surface area contributed by atoms with E-state index >= 15 is 0 Å². The van der Waals surface area contributed by atoms with Crippen LogP contribution in [0.2, 0.25) is 0 Å². The van der Waals surface area contributed by atoms with Crippen molar-refractivity contribution in [2.75, 3.05) is 25.1 Å². The second kappa shape index (κ2) is 13.5. The number of benzene rings is 3. The fraction of sp³-hybridized carbons (Fsp3) is 0.333. The standard InChI is InChI=1S/C30H36FN3O6S/c1-20(2)32-30(36)22(4)33(18-23-9-7-8-10-26(23)31)29(35)19-34(24-13-11-21(3)12-14-24)41(37,38)25-15-16-27(39-5)28(17-25)40-6/h7-17,20,22H,18-19H2,1-6H3,(H,32,36). The number of sulfonamides is 1. The molecule has 0 aliphatic heterocycles. The quantitative estimate of drug-likeness (QED) is 0.340. The van der Waals surface area contributed by atoms with Gasteiger partial charge in [0.25, 0.3) is 10.0 Å². The Balaban J connectivity index is 2.08. The number of aryl methyl sites for hydroxylation is 1. The van der Waals surface area contributed by atoms with Crippen LogP contribution in [-0.2, 0) is 26.2 Å². The van der Waals surface area contributed by atoms with E-state index in [1.54, 1.807) is 44.2 Å². The first-order valence-corrected chi connectivity index (χ1v) is 14.5. The van der Waals surface area contributed by atoms with Gasteiger partial charge in [0.1, 0.15) is 18.4 Å². The lowest BCUT2D eigenvalue weighted by Gasteiger charge is -2.32. The van der Waals surface area contributed by atoms with Crippen LogP contribution in [0.15, 0.2) is 71.6 Å². The van der Waals surface area contributed by atoms with Gasteiger partial charge in [0.2, 0.25) is 11.8 Å². The fourth-order valence-corrected chi connectivity index (χ4v) is 5.57. The molecule has 41 heavy (non-hydrogen) atoms. The maximum absolute atomic E-state index is 14.6. The van der Waals surface area contributed by atoms with Gasteiger partial charge in [-0.2, -0.15) is 0 Å². The molecule has 0 aromatic heterocycles. The van der Waals surface area contributed by atoms with Crippen LogP contribution < -0.4 is 19.1 Å². The monoisotopic (exact) mass is 585 g/mol. The molecule has 0 radical (unpaired) electrons. The van der Waals surface area contributed by atoms with Gasteiger partial charge in [0, 0.05) is 24.2 Å². The van der Waals surface area contributed by atoms with Gasteiger partial charge in [-0.05, 0) is 58.0 Å². The van der Waals surface area contributed by atoms with E-state index in [0.29, 0.717) is 5.75 Å². The third-order valence-electron chi connectivity index (χ3n) is 6.44. The lowest BCUT2D eigenvalue weighted by molar-refractivity contribution is -0.139. The SMILES string of the molecule is COc1ccc(S(=O)(=O)N(CC(=O)N(Cc2ccccc2F)C(C)C(=O)NC(C)C)c2ccc(C)cc2)cc1OC. The number of rotatable bonds is 12. The smallest absolute Gasteiger partial charge is 0.264 e. The van der Waals surface area contributed by atoms with Crippen LogP contribution in [0.25, 0.3) is 0 Å². The molecular weight excluding hydrogens is 549 g/mol. The summed E-state index contributed by atoms with van der Waals surface area (Å²) in [5.74, 6) is -1.15. The number of nitrogens with one attached hydrogen (secondary N) is 1. The summed E-state index contributed by atoms with van der Waals surface area (Å²) < 4.78 is 54.2. The summed E-state index contributed by atoms with van der Waals surface area (Å²) in [7, 11) is -1.50. The zero-order valence-electron chi connectivity index (χ0n) is 24.0. The molecular formula is C30H36FN3O6S. The van der Waals surface area contributed by atoms with Gasteiger partial charge in [-0.3, -0.25) is 13.9 Å². The normalized spacial score (nSPS) is 12.0. The topological polar surface area (TPSA) is 105 Å². The molecule has 11 heteroatoms. The maximum Gasteiger partial charge on any atom is 0.264 e. The van der Waals surface area contributed by atoms with Crippen LogP contribution in [0.1, 0.15) is 31.9 Å². The van der Waals surface area contributed by atoms with Gasteiger partial charge in [-0.1, -0.05) is 35.9 Å². The molecule has 0 fully saturated rings. The second-order valence-corrected chi connectivity index (χ2v) is 11.7. The average Bonchev–Trinajstić information content (AvgIpc) is 2.94. The number of methoxy groups -OCH3 is 2. The Bertz CT molecular complexity index is 1480. The Kier molecular flexibility index (Phi) is 10.3. The lowest BCUT2D eigenvalue weighted by Crippen LogP contribution is -2.52. The molecule has 3 aromatic rings. The Morgan fingerprint density at radius 2 is 1.56 bits per heavy atom. The van der Waals surface area contributed by atoms with Crippen LogP contribution in [0.4, 0.5) is 10.1 Å². The Labute approximate surface area is 240 Å². The fourth-order valence-electron chi connectivity index (χ4n) is 4.14. The van der Waals surface area contributed by atoms with Crippen LogP contribution in [-0.4, -0.2) is 58.0 Å². The third-order valence-corrected chi connectivity index (χ3v) is 8.21. The van der Waals surface area contributed by atoms with Crippen molar-refractivity contribution in [3.8, 4) is 11.5 Å². The van der Waals surface area contributed by atoms with Crippen molar-refractivity contribution < 1.29 is 31.9 Å². The van der Waals surface area contributed by atoms with Crippen LogP contribution >= 0.6 is 0 Å². The minimum atomic E-state index is -4.32. The van der Waals surface area contributed by atoms with E-state index in [-0.39, 0.29) is 34.5 Å². The van der Waals surface area contributed by atoms with Crippen LogP contribution in [0.5, 0.6) is 11.5 Å². The molecule has 0 aliphatic carbocycles. The molecule has 0 saturated carbocycles. The van der Waals surface area contributed by atoms with Gasteiger partial charge in [0.05, 0.1) is 24.8 Å². The van der Waals surface area contributed by atoms with Crippen molar-refractivity contribution in [3.05, 3.63) is 83.7 Å². The molecule has 3 aromatic carbocycles. The number of carbonyl (C=O) groups excluding carboxylic acids is 2. The van der Waals surface area contributed by atoms with E-state index in [9.17, 15) is 22.4 Å². The minimum absolute atomic E-state index is 0.130. The maximum atomic E-state index is 14.6. The molecule has 1 atom stereocenters. The highest BCUT2D eigenvalue weighted by Gasteiger charge is 2.33. The average molecular weight is 586 g/mol. The number of nitrogens with zero attached hydrogens (tertiary/aromatic N) is 2. The number of amides is 2. The second-order valence-electron chi connectivity index (χ2n) is 9.82. The summed E-state index contributed by atoms with van der Waals surface area (Å²) in [6, 6.07) is 15.5. The molecule has 0 bridgehead atoms. The highest BCUT2D eigenvalue weighted by atomic mass is 32.2. The number of hydrogen-bond donors (Lipinski definition) is 1. The number of hydrogen-bond acceptors (Lipinski definition) is 6. The van der Waals surface area contributed by atoms with Crippen molar-refractivity contribution in [3.63, 3.8) is 0 Å². The first-order valence-electron chi connectivity index (χ1n) is 13.0. The number of carbonyl (C=O) groups is 2. The van der Waals surface area contributed by atoms with Crippen molar-refractivity contribution >= 4 is 27.5 Å². The Morgan fingerprint density at radius 1 is 0.927 bits per heavy atom. The van der Waals surface area contributed by atoms with E-state index in [1.807, 2.05) is 6.92 Å². The van der Waals surface area contributed by atoms with E-state index in [4.69, 9.17) is 9.47 Å². The molecule has 1 N–H and O–H groups in total. The largest absolute Gasteiger partial charge is 0.493 e. The first-order chi connectivity index (χ1) is 19.4. The van der Waals surface area contributed by atoms with Crippen molar-refractivity contribution in [2.24, 2.45) is 0 Å². The predicted molar refractivity (Wildman–Crippen MR) is 155 cm³/mol. The Morgan fingerprint density at radius 3 is 2.15 bits per heavy atom. The van der Waals surface area contributed by atoms with Gasteiger partial charge in [0.15, 0.2) is 11.5 Å². The van der Waals surface area contributed by atoms with Gasteiger partial charge in [-0.25, -0.2) is 12.8 Å². The summed E-state index contributed by atoms with van der Waals surface area (Å²) in [6.07, 6.45) is 0. The molecule has 0 spiro atoms. The molecule has 9 nitrogen and oxygen atoms in total. The van der Waals surface area contributed by atoms with Gasteiger partial charge in [-0.15, -0.1) is 0 Å². The van der Waals surface area contributed by atoms with E-state index in [1.165, 1.54) is 62.4 Å². The molecule has 0 saturated heterocycles. The molecule has 0 aliphatic rings. The number of halogens is 1. The van der Waals surface area contributed by atoms with Gasteiger partial charge >= 0.3 is 0 Å². The van der Waals surface area contributed by atoms with Crippen molar-refractivity contribution in [1.29, 1.82) is 0 Å². The zero-order chi connectivity index (χ0) is 30.3. The lowest BCUT2D eigenvalue weighted by atomic mass is 10.1. The number of ether oxygens (including phenoxy) is 2. The Hall–Kier alpha value is -4.12. The summed E-state index contributed by atoms with van der Waals surface area (Å²) in [5, 5.41) is 2.76. The van der Waals surface area contributed by atoms with Gasteiger partial charge < -0.3 is 19.7 Å². The molecule has 0 heterocycles. The first kappa shape index (κ1) is 31.4. The highest BCUT2D eigenvalue weighted by molar-refractivity contribution is 7.92. The third kappa shape index (κ3) is 7.55. The van der Waals surface area contributed by atoms with Crippen LogP contribution in [0, 0.1) is 12.7 Å². The van der Waals surface area contributed by atoms with E-state index in [0.717, 1.165) is 9.87 Å². The molecule has 3 rings (SSSR count). The molecule has 2 amide bonds. The van der Waals surface area contributed by atoms with Crippen molar-refractivity contribution in [1.82, 2.24) is 10.2 Å². The number of anilines is 1. The molecule has 220 valence electrons. The summed E-state index contributed by atoms with van der Waals surface area (Å²) in [6.45, 7) is 6.05. The zero-order valence-corrected chi connectivity index (χ0v) is 24.9. The summed E-state index contributed by atoms with van der Waals surface area (Å²) >= 11 is 0. The van der Waals surface area contributed by atoms with E-state index in [2.05, 4.69) is 5.32 Å². The summed E-state index contributed by atoms with van der Waals surface area (Å²) in [5.41, 5.74) is 1.32. The predicted octanol–water partition coefficient (Wildman–Crippen LogP) is 4.29. The minimum Gasteiger partial charge on any atom is -0.493 e. The van der Waals surface area contributed by atoms with Crippen molar-refractivity contribution in [2.45, 2.75) is 51.2 Å².